The lowest BCUT2D eigenvalue weighted by Gasteiger charge is -2.34. The molecule has 4 rings (SSSR count). The van der Waals surface area contributed by atoms with Crippen molar-refractivity contribution < 1.29 is 18.0 Å². The number of likely N-dealkylation sites (tertiary alicyclic amines) is 1. The Bertz CT molecular complexity index is 846. The monoisotopic (exact) mass is 407 g/mol. The molecule has 2 heterocycles. The molecule has 1 aromatic heterocycles. The summed E-state index contributed by atoms with van der Waals surface area (Å²) in [4.78, 5) is 18.4. The summed E-state index contributed by atoms with van der Waals surface area (Å²) in [5.41, 5.74) is -0.901. The minimum atomic E-state index is -4.60. The van der Waals surface area contributed by atoms with Crippen LogP contribution >= 0.6 is 0 Å². The number of carbonyl (C=O) groups excluding carboxylic acids is 1. The van der Waals surface area contributed by atoms with E-state index in [1.54, 1.807) is 4.90 Å². The molecule has 1 saturated carbocycles. The van der Waals surface area contributed by atoms with Crippen LogP contribution in [0.3, 0.4) is 0 Å². The van der Waals surface area contributed by atoms with E-state index >= 15 is 0 Å². The molecule has 6 nitrogen and oxygen atoms in total. The van der Waals surface area contributed by atoms with Crippen LogP contribution in [0.2, 0.25) is 0 Å². The number of nitrogens with one attached hydrogen (secondary N) is 1. The van der Waals surface area contributed by atoms with Gasteiger partial charge in [-0.25, -0.2) is 14.5 Å². The molecule has 2 amide bonds. The van der Waals surface area contributed by atoms with E-state index in [1.165, 1.54) is 48.7 Å². The van der Waals surface area contributed by atoms with Crippen molar-refractivity contribution in [1.29, 1.82) is 0 Å². The van der Waals surface area contributed by atoms with Crippen LogP contribution in [-0.4, -0.2) is 38.3 Å². The molecule has 29 heavy (non-hydrogen) atoms. The zero-order valence-electron chi connectivity index (χ0n) is 16.0. The van der Waals surface area contributed by atoms with Crippen molar-refractivity contribution in [1.82, 2.24) is 19.7 Å². The summed E-state index contributed by atoms with van der Waals surface area (Å²) >= 11 is 0. The molecular formula is C20H24F3N5O. The van der Waals surface area contributed by atoms with Gasteiger partial charge in [-0.3, -0.25) is 0 Å². The summed E-state index contributed by atoms with van der Waals surface area (Å²) in [5.74, 6) is 0.453. The van der Waals surface area contributed by atoms with Crippen LogP contribution < -0.4 is 5.32 Å². The SMILES string of the molecule is O=C(Nc1ccc(-n2cncn2)cc1C(F)(F)F)N1CCCC1C1CCCCC1. The van der Waals surface area contributed by atoms with Gasteiger partial charge in [0.05, 0.1) is 16.9 Å². The molecule has 1 N–H and O–H groups in total. The van der Waals surface area contributed by atoms with Gasteiger partial charge < -0.3 is 10.2 Å². The number of urea groups is 1. The summed E-state index contributed by atoms with van der Waals surface area (Å²) in [5, 5.41) is 6.39. The Labute approximate surface area is 167 Å². The summed E-state index contributed by atoms with van der Waals surface area (Å²) < 4.78 is 42.2. The van der Waals surface area contributed by atoms with Crippen LogP contribution in [0.4, 0.5) is 23.7 Å². The average molecular weight is 407 g/mol. The summed E-state index contributed by atoms with van der Waals surface area (Å²) in [7, 11) is 0. The second-order valence-electron chi connectivity index (χ2n) is 7.80. The van der Waals surface area contributed by atoms with Crippen molar-refractivity contribution in [2.24, 2.45) is 5.92 Å². The highest BCUT2D eigenvalue weighted by molar-refractivity contribution is 5.91. The van der Waals surface area contributed by atoms with Gasteiger partial charge in [0.2, 0.25) is 0 Å². The maximum atomic E-state index is 13.7. The Morgan fingerprint density at radius 3 is 2.59 bits per heavy atom. The van der Waals surface area contributed by atoms with Gasteiger partial charge in [-0.2, -0.15) is 18.3 Å². The first-order chi connectivity index (χ1) is 13.9. The summed E-state index contributed by atoms with van der Waals surface area (Å²) in [6, 6.07) is 3.43. The van der Waals surface area contributed by atoms with E-state index in [-0.39, 0.29) is 17.4 Å². The minimum absolute atomic E-state index is 0.124. The highest BCUT2D eigenvalue weighted by atomic mass is 19.4. The fourth-order valence-corrected chi connectivity index (χ4v) is 4.60. The smallest absolute Gasteiger partial charge is 0.321 e. The second-order valence-corrected chi connectivity index (χ2v) is 7.80. The van der Waals surface area contributed by atoms with E-state index in [4.69, 9.17) is 0 Å². The number of alkyl halides is 3. The van der Waals surface area contributed by atoms with Gasteiger partial charge in [-0.1, -0.05) is 19.3 Å². The summed E-state index contributed by atoms with van der Waals surface area (Å²) in [6.45, 7) is 0.589. The molecule has 1 unspecified atom stereocenters. The zero-order chi connectivity index (χ0) is 20.4. The molecule has 1 aliphatic heterocycles. The molecule has 1 aliphatic carbocycles. The minimum Gasteiger partial charge on any atom is -0.321 e. The molecule has 9 heteroatoms. The predicted molar refractivity (Wildman–Crippen MR) is 102 cm³/mol. The highest BCUT2D eigenvalue weighted by Crippen LogP contribution is 2.38. The molecule has 1 atom stereocenters. The Morgan fingerprint density at radius 1 is 1.10 bits per heavy atom. The number of amides is 2. The van der Waals surface area contributed by atoms with E-state index in [2.05, 4.69) is 15.4 Å². The Hall–Kier alpha value is -2.58. The molecular weight excluding hydrogens is 383 g/mol. The molecule has 156 valence electrons. The lowest BCUT2D eigenvalue weighted by molar-refractivity contribution is -0.136. The third kappa shape index (κ3) is 4.23. The number of carbonyl (C=O) groups is 1. The van der Waals surface area contributed by atoms with Gasteiger partial charge in [0.25, 0.3) is 0 Å². The maximum absolute atomic E-state index is 13.7. The van der Waals surface area contributed by atoms with Gasteiger partial charge in [-0.15, -0.1) is 0 Å². The molecule has 0 radical (unpaired) electrons. The first-order valence-electron chi connectivity index (χ1n) is 10.1. The van der Waals surface area contributed by atoms with Crippen molar-refractivity contribution in [2.45, 2.75) is 57.2 Å². The molecule has 2 aliphatic rings. The molecule has 1 saturated heterocycles. The lowest BCUT2D eigenvalue weighted by atomic mass is 9.83. The average Bonchev–Trinajstić information content (AvgIpc) is 3.40. The maximum Gasteiger partial charge on any atom is 0.418 e. The lowest BCUT2D eigenvalue weighted by Crippen LogP contribution is -2.43. The number of hydrogen-bond acceptors (Lipinski definition) is 3. The fraction of sp³-hybridized carbons (Fsp3) is 0.550. The van der Waals surface area contributed by atoms with Gasteiger partial charge in [-0.05, 0) is 49.8 Å². The van der Waals surface area contributed by atoms with E-state index in [1.807, 2.05) is 0 Å². The first kappa shape index (κ1) is 19.7. The van der Waals surface area contributed by atoms with Crippen molar-refractivity contribution in [2.75, 3.05) is 11.9 Å². The highest BCUT2D eigenvalue weighted by Gasteiger charge is 2.38. The Balaban J connectivity index is 1.55. The van der Waals surface area contributed by atoms with E-state index in [9.17, 15) is 18.0 Å². The van der Waals surface area contributed by atoms with Crippen LogP contribution in [0.1, 0.15) is 50.5 Å². The van der Waals surface area contributed by atoms with Crippen LogP contribution in [-0.2, 0) is 6.18 Å². The quantitative estimate of drug-likeness (QED) is 0.790. The fourth-order valence-electron chi connectivity index (χ4n) is 4.60. The van der Waals surface area contributed by atoms with Crippen molar-refractivity contribution in [3.8, 4) is 5.69 Å². The molecule has 0 bridgehead atoms. The number of benzene rings is 1. The topological polar surface area (TPSA) is 63.1 Å². The number of aromatic nitrogens is 3. The van der Waals surface area contributed by atoms with Crippen LogP contribution in [0.25, 0.3) is 5.69 Å². The zero-order valence-corrected chi connectivity index (χ0v) is 16.0. The van der Waals surface area contributed by atoms with Crippen molar-refractivity contribution >= 4 is 11.7 Å². The van der Waals surface area contributed by atoms with Crippen molar-refractivity contribution in [3.05, 3.63) is 36.4 Å². The Morgan fingerprint density at radius 2 is 1.90 bits per heavy atom. The largest absolute Gasteiger partial charge is 0.418 e. The normalized spacial score (nSPS) is 20.8. The first-order valence-corrected chi connectivity index (χ1v) is 10.1. The van der Waals surface area contributed by atoms with Crippen molar-refractivity contribution in [3.63, 3.8) is 0 Å². The number of anilines is 1. The van der Waals surface area contributed by atoms with Gasteiger partial charge in [0.1, 0.15) is 12.7 Å². The van der Waals surface area contributed by atoms with Gasteiger partial charge in [0.15, 0.2) is 0 Å². The molecule has 1 aromatic carbocycles. The molecule has 2 aromatic rings. The molecule has 0 spiro atoms. The van der Waals surface area contributed by atoms with E-state index in [0.717, 1.165) is 31.7 Å². The summed E-state index contributed by atoms with van der Waals surface area (Å²) in [6.07, 6.45) is 5.53. The third-order valence-corrected chi connectivity index (χ3v) is 5.99. The van der Waals surface area contributed by atoms with E-state index in [0.29, 0.717) is 12.5 Å². The van der Waals surface area contributed by atoms with Crippen LogP contribution in [0.5, 0.6) is 0 Å². The third-order valence-electron chi connectivity index (χ3n) is 5.99. The Kier molecular flexibility index (Phi) is 5.47. The van der Waals surface area contributed by atoms with Gasteiger partial charge in [0, 0.05) is 12.6 Å². The predicted octanol–water partition coefficient (Wildman–Crippen LogP) is 4.86. The number of nitrogens with zero attached hydrogens (tertiary/aromatic N) is 4. The van der Waals surface area contributed by atoms with Crippen LogP contribution in [0.15, 0.2) is 30.9 Å². The van der Waals surface area contributed by atoms with Gasteiger partial charge >= 0.3 is 12.2 Å². The standard InChI is InChI=1S/C20H24F3N5O/c21-20(22,23)16-11-15(28-13-24-12-25-28)8-9-17(16)26-19(29)27-10-4-7-18(27)14-5-2-1-3-6-14/h8-9,11-14,18H,1-7,10H2,(H,26,29). The van der Waals surface area contributed by atoms with E-state index < -0.39 is 17.8 Å². The second kappa shape index (κ2) is 8.04. The number of rotatable bonds is 3. The number of halogens is 3. The van der Waals surface area contributed by atoms with Crippen LogP contribution in [0, 0.1) is 5.92 Å². The number of hydrogen-bond donors (Lipinski definition) is 1. The molecule has 2 fully saturated rings.